The molecular formula is C19H17N3O2S. The average Bonchev–Trinajstić information content (AvgIpc) is 3.11. The number of thiazole rings is 1. The van der Waals surface area contributed by atoms with Crippen LogP contribution in [0.5, 0.6) is 0 Å². The monoisotopic (exact) mass is 351 g/mol. The Kier molecular flexibility index (Phi) is 5.20. The van der Waals surface area contributed by atoms with Gasteiger partial charge in [-0.15, -0.1) is 11.3 Å². The number of hydrogen-bond donors (Lipinski definition) is 2. The van der Waals surface area contributed by atoms with Crippen molar-refractivity contribution in [1.82, 2.24) is 4.98 Å². The molecule has 1 aromatic heterocycles. The molecule has 0 spiro atoms. The first-order valence-corrected chi connectivity index (χ1v) is 8.64. The number of carbonyl (C=O) groups is 2. The Bertz CT molecular complexity index is 857. The molecule has 2 aromatic carbocycles. The summed E-state index contributed by atoms with van der Waals surface area (Å²) in [6.07, 6.45) is 2.04. The zero-order valence-electron chi connectivity index (χ0n) is 13.7. The van der Waals surface area contributed by atoms with Gasteiger partial charge in [-0.2, -0.15) is 0 Å². The minimum absolute atomic E-state index is 0.0886. The van der Waals surface area contributed by atoms with Crippen molar-refractivity contribution in [2.24, 2.45) is 0 Å². The number of aromatic nitrogens is 1. The maximum Gasteiger partial charge on any atom is 0.228 e. The summed E-state index contributed by atoms with van der Waals surface area (Å²) in [4.78, 5) is 27.4. The lowest BCUT2D eigenvalue weighted by atomic mass is 10.1. The topological polar surface area (TPSA) is 71.1 Å². The number of carbonyl (C=O) groups excluding carboxylic acids is 2. The summed E-state index contributed by atoms with van der Waals surface area (Å²) in [6, 6.07) is 14.9. The fourth-order valence-electron chi connectivity index (χ4n) is 2.36. The van der Waals surface area contributed by atoms with Crippen molar-refractivity contribution in [2.45, 2.75) is 13.3 Å². The van der Waals surface area contributed by atoms with Crippen LogP contribution in [-0.2, 0) is 16.0 Å². The third-order valence-electron chi connectivity index (χ3n) is 3.49. The van der Waals surface area contributed by atoms with Gasteiger partial charge in [-0.25, -0.2) is 4.98 Å². The lowest BCUT2D eigenvalue weighted by Gasteiger charge is -2.07. The number of rotatable bonds is 5. The fraction of sp³-hybridized carbons (Fsp3) is 0.105. The highest BCUT2D eigenvalue weighted by molar-refractivity contribution is 7.13. The fourth-order valence-corrected chi connectivity index (χ4v) is 3.01. The predicted molar refractivity (Wildman–Crippen MR) is 101 cm³/mol. The van der Waals surface area contributed by atoms with Gasteiger partial charge in [-0.1, -0.05) is 12.1 Å². The maximum absolute atomic E-state index is 12.2. The van der Waals surface area contributed by atoms with Crippen molar-refractivity contribution in [1.29, 1.82) is 0 Å². The van der Waals surface area contributed by atoms with Gasteiger partial charge in [-0.3, -0.25) is 9.59 Å². The van der Waals surface area contributed by atoms with Crippen molar-refractivity contribution in [3.05, 3.63) is 65.7 Å². The molecule has 0 saturated heterocycles. The quantitative estimate of drug-likeness (QED) is 0.731. The summed E-state index contributed by atoms with van der Waals surface area (Å²) in [5, 5.41) is 8.47. The van der Waals surface area contributed by atoms with Gasteiger partial charge in [0.2, 0.25) is 11.8 Å². The number of nitrogens with zero attached hydrogens (tertiary/aromatic N) is 1. The molecule has 3 aromatic rings. The second-order valence-electron chi connectivity index (χ2n) is 5.52. The molecule has 0 atom stereocenters. The van der Waals surface area contributed by atoms with Crippen LogP contribution in [0.2, 0.25) is 0 Å². The van der Waals surface area contributed by atoms with Crippen LogP contribution in [-0.4, -0.2) is 16.8 Å². The van der Waals surface area contributed by atoms with Crippen molar-refractivity contribution in [3.8, 4) is 10.6 Å². The Hall–Kier alpha value is -2.99. The Labute approximate surface area is 149 Å². The van der Waals surface area contributed by atoms with E-state index in [-0.39, 0.29) is 18.2 Å². The first-order chi connectivity index (χ1) is 12.1. The minimum Gasteiger partial charge on any atom is -0.326 e. The first kappa shape index (κ1) is 16.9. The molecule has 2 amide bonds. The van der Waals surface area contributed by atoms with E-state index in [1.165, 1.54) is 6.92 Å². The smallest absolute Gasteiger partial charge is 0.228 e. The Balaban J connectivity index is 1.58. The van der Waals surface area contributed by atoms with Gasteiger partial charge in [0.05, 0.1) is 6.42 Å². The molecule has 0 aliphatic rings. The van der Waals surface area contributed by atoms with Crippen molar-refractivity contribution < 1.29 is 9.59 Å². The van der Waals surface area contributed by atoms with E-state index in [1.807, 2.05) is 41.8 Å². The summed E-state index contributed by atoms with van der Waals surface area (Å²) >= 11 is 1.58. The van der Waals surface area contributed by atoms with E-state index in [0.29, 0.717) is 0 Å². The Morgan fingerprint density at radius 1 is 0.960 bits per heavy atom. The van der Waals surface area contributed by atoms with Crippen LogP contribution in [0.15, 0.2) is 60.1 Å². The van der Waals surface area contributed by atoms with Crippen molar-refractivity contribution in [2.75, 3.05) is 10.6 Å². The summed E-state index contributed by atoms with van der Waals surface area (Å²) in [6.45, 7) is 1.46. The largest absolute Gasteiger partial charge is 0.326 e. The van der Waals surface area contributed by atoms with Gasteiger partial charge in [0.1, 0.15) is 5.01 Å². The van der Waals surface area contributed by atoms with Crippen LogP contribution < -0.4 is 10.6 Å². The normalized spacial score (nSPS) is 10.3. The van der Waals surface area contributed by atoms with E-state index in [0.717, 1.165) is 27.5 Å². The Morgan fingerprint density at radius 3 is 2.20 bits per heavy atom. The second kappa shape index (κ2) is 7.72. The van der Waals surface area contributed by atoms with Crippen LogP contribution >= 0.6 is 11.3 Å². The van der Waals surface area contributed by atoms with Crippen LogP contribution in [0.3, 0.4) is 0 Å². The lowest BCUT2D eigenvalue weighted by molar-refractivity contribution is -0.116. The molecule has 3 rings (SSSR count). The summed E-state index contributed by atoms with van der Waals surface area (Å²) < 4.78 is 0. The highest BCUT2D eigenvalue weighted by Crippen LogP contribution is 2.23. The van der Waals surface area contributed by atoms with E-state index >= 15 is 0 Å². The summed E-state index contributed by atoms with van der Waals surface area (Å²) in [5.74, 6) is -0.207. The predicted octanol–water partition coefficient (Wildman–Crippen LogP) is 3.95. The van der Waals surface area contributed by atoms with Gasteiger partial charge in [0, 0.05) is 35.4 Å². The number of hydrogen-bond acceptors (Lipinski definition) is 4. The van der Waals surface area contributed by atoms with Gasteiger partial charge in [0.15, 0.2) is 0 Å². The van der Waals surface area contributed by atoms with E-state index in [9.17, 15) is 9.59 Å². The molecule has 0 unspecified atom stereocenters. The molecule has 25 heavy (non-hydrogen) atoms. The van der Waals surface area contributed by atoms with Gasteiger partial charge >= 0.3 is 0 Å². The zero-order valence-corrected chi connectivity index (χ0v) is 14.5. The van der Waals surface area contributed by atoms with Crippen molar-refractivity contribution >= 4 is 34.5 Å². The molecule has 0 saturated carbocycles. The van der Waals surface area contributed by atoms with Crippen LogP contribution in [0.1, 0.15) is 12.5 Å². The molecule has 0 radical (unpaired) electrons. The molecule has 0 bridgehead atoms. The van der Waals surface area contributed by atoms with E-state index < -0.39 is 0 Å². The minimum atomic E-state index is -0.119. The molecule has 0 aliphatic heterocycles. The molecule has 0 aliphatic carbocycles. The molecular weight excluding hydrogens is 334 g/mol. The third-order valence-corrected chi connectivity index (χ3v) is 4.31. The SMILES string of the molecule is CC(=O)Nc1ccc(CC(=O)Nc2ccc(-c3nccs3)cc2)cc1. The number of nitrogens with one attached hydrogen (secondary N) is 2. The van der Waals surface area contributed by atoms with Gasteiger partial charge < -0.3 is 10.6 Å². The average molecular weight is 351 g/mol. The summed E-state index contributed by atoms with van der Waals surface area (Å²) in [5.41, 5.74) is 3.38. The highest BCUT2D eigenvalue weighted by atomic mass is 32.1. The Morgan fingerprint density at radius 2 is 1.60 bits per heavy atom. The molecule has 0 fully saturated rings. The molecule has 6 heteroatoms. The standard InChI is InChI=1S/C19H17N3O2S/c1-13(23)21-16-6-2-14(3-7-16)12-18(24)22-17-8-4-15(5-9-17)19-20-10-11-25-19/h2-11H,12H2,1H3,(H,21,23)(H,22,24). The molecule has 1 heterocycles. The second-order valence-corrected chi connectivity index (χ2v) is 6.41. The van der Waals surface area contributed by atoms with Crippen LogP contribution in [0.25, 0.3) is 10.6 Å². The maximum atomic E-state index is 12.2. The van der Waals surface area contributed by atoms with E-state index in [4.69, 9.17) is 0 Å². The summed E-state index contributed by atoms with van der Waals surface area (Å²) in [7, 11) is 0. The van der Waals surface area contributed by atoms with Gasteiger partial charge in [-0.05, 0) is 42.0 Å². The van der Waals surface area contributed by atoms with E-state index in [1.54, 1.807) is 29.7 Å². The number of benzene rings is 2. The van der Waals surface area contributed by atoms with Crippen LogP contribution in [0, 0.1) is 0 Å². The lowest BCUT2D eigenvalue weighted by Crippen LogP contribution is -2.14. The number of amides is 2. The molecule has 2 N–H and O–H groups in total. The van der Waals surface area contributed by atoms with Crippen molar-refractivity contribution in [3.63, 3.8) is 0 Å². The highest BCUT2D eigenvalue weighted by Gasteiger charge is 2.06. The zero-order chi connectivity index (χ0) is 17.6. The third kappa shape index (κ3) is 4.74. The van der Waals surface area contributed by atoms with E-state index in [2.05, 4.69) is 15.6 Å². The first-order valence-electron chi connectivity index (χ1n) is 7.76. The van der Waals surface area contributed by atoms with Crippen LogP contribution in [0.4, 0.5) is 11.4 Å². The molecule has 5 nitrogen and oxygen atoms in total. The van der Waals surface area contributed by atoms with Gasteiger partial charge in [0.25, 0.3) is 0 Å². The number of anilines is 2. The molecule has 126 valence electrons.